The van der Waals surface area contributed by atoms with E-state index in [0.717, 1.165) is 63.2 Å². The lowest BCUT2D eigenvalue weighted by Gasteiger charge is -2.34. The Hall–Kier alpha value is -3.50. The zero-order valence-corrected chi connectivity index (χ0v) is 19.8. The second-order valence-electron chi connectivity index (χ2n) is 9.54. The molecule has 0 aliphatic carbocycles. The molecule has 3 aromatic heterocycles. The van der Waals surface area contributed by atoms with Crippen molar-refractivity contribution in [3.63, 3.8) is 0 Å². The molecule has 9 nitrogen and oxygen atoms in total. The van der Waals surface area contributed by atoms with Gasteiger partial charge in [-0.05, 0) is 45.1 Å². The van der Waals surface area contributed by atoms with E-state index in [1.807, 2.05) is 18.3 Å². The van der Waals surface area contributed by atoms with E-state index in [-0.39, 0.29) is 5.82 Å². The number of hydrogen-bond acceptors (Lipinski definition) is 7. The molecule has 0 spiro atoms. The number of piperazine rings is 1. The van der Waals surface area contributed by atoms with Gasteiger partial charge in [0.05, 0.1) is 34.5 Å². The van der Waals surface area contributed by atoms with Gasteiger partial charge in [0.2, 0.25) is 0 Å². The Morgan fingerprint density at radius 2 is 1.83 bits per heavy atom. The van der Waals surface area contributed by atoms with E-state index in [2.05, 4.69) is 48.1 Å². The Labute approximate surface area is 203 Å². The summed E-state index contributed by atoms with van der Waals surface area (Å²) in [5, 5.41) is 7.99. The number of aromatic nitrogens is 5. The van der Waals surface area contributed by atoms with Gasteiger partial charge in [0.1, 0.15) is 17.5 Å². The van der Waals surface area contributed by atoms with Crippen molar-refractivity contribution in [3.05, 3.63) is 42.6 Å². The highest BCUT2D eigenvalue weighted by Gasteiger charge is 2.21. The van der Waals surface area contributed by atoms with E-state index in [4.69, 9.17) is 10.7 Å². The van der Waals surface area contributed by atoms with Gasteiger partial charge in [0.15, 0.2) is 0 Å². The van der Waals surface area contributed by atoms with Crippen molar-refractivity contribution in [2.24, 2.45) is 0 Å². The minimum absolute atomic E-state index is 0.248. The average Bonchev–Trinajstić information content (AvgIpc) is 3.52. The first-order valence-corrected chi connectivity index (χ1v) is 12.2. The summed E-state index contributed by atoms with van der Waals surface area (Å²) in [5.74, 6) is 0.702. The zero-order valence-electron chi connectivity index (χ0n) is 19.8. The van der Waals surface area contributed by atoms with Crippen LogP contribution in [-0.4, -0.2) is 75.9 Å². The van der Waals surface area contributed by atoms with E-state index >= 15 is 0 Å². The van der Waals surface area contributed by atoms with Gasteiger partial charge < -0.3 is 25.8 Å². The minimum Gasteiger partial charge on any atom is -0.383 e. The number of halogens is 1. The number of rotatable bonds is 4. The number of nitrogens with zero attached hydrogens (tertiary/aromatic N) is 6. The van der Waals surface area contributed by atoms with Gasteiger partial charge >= 0.3 is 0 Å². The molecule has 0 amide bonds. The summed E-state index contributed by atoms with van der Waals surface area (Å²) in [6.45, 7) is 5.42. The van der Waals surface area contributed by atoms with Crippen molar-refractivity contribution in [1.29, 1.82) is 0 Å². The third kappa shape index (κ3) is 4.23. The Morgan fingerprint density at radius 1 is 1.03 bits per heavy atom. The number of piperidine rings is 1. The number of aromatic amines is 1. The molecule has 2 aliphatic heterocycles. The molecule has 35 heavy (non-hydrogen) atoms. The van der Waals surface area contributed by atoms with Gasteiger partial charge in [-0.25, -0.2) is 14.4 Å². The van der Waals surface area contributed by atoms with Gasteiger partial charge in [-0.15, -0.1) is 0 Å². The predicted octanol–water partition coefficient (Wildman–Crippen LogP) is 2.89. The predicted molar refractivity (Wildman–Crippen MR) is 136 cm³/mol. The highest BCUT2D eigenvalue weighted by Crippen LogP contribution is 2.32. The lowest BCUT2D eigenvalue weighted by molar-refractivity contribution is 0.312. The van der Waals surface area contributed by atoms with Crippen LogP contribution in [0.4, 0.5) is 15.9 Å². The molecule has 0 bridgehead atoms. The number of fused-ring (bicyclic) bond motifs is 1. The molecule has 4 aromatic rings. The summed E-state index contributed by atoms with van der Waals surface area (Å²) in [6.07, 6.45) is 7.84. The van der Waals surface area contributed by atoms with Crippen molar-refractivity contribution < 1.29 is 4.39 Å². The molecule has 2 saturated heterocycles. The SMILES string of the molecule is CN1CCN(c2cc3nc(-c4cc(-c5cnn(C6CCNCC6)c5)cnc4N)[nH]c3cc2F)CC1. The van der Waals surface area contributed by atoms with Crippen LogP contribution in [-0.2, 0) is 0 Å². The fraction of sp³-hybridized carbons (Fsp3) is 0.400. The van der Waals surface area contributed by atoms with E-state index in [1.54, 1.807) is 6.20 Å². The van der Waals surface area contributed by atoms with Crippen molar-refractivity contribution >= 4 is 22.5 Å². The Morgan fingerprint density at radius 3 is 2.63 bits per heavy atom. The molecule has 182 valence electrons. The molecular weight excluding hydrogens is 445 g/mol. The lowest BCUT2D eigenvalue weighted by Crippen LogP contribution is -2.44. The molecule has 1 aromatic carbocycles. The highest BCUT2D eigenvalue weighted by atomic mass is 19.1. The van der Waals surface area contributed by atoms with E-state index in [0.29, 0.717) is 40.0 Å². The van der Waals surface area contributed by atoms with E-state index in [9.17, 15) is 4.39 Å². The van der Waals surface area contributed by atoms with Gasteiger partial charge in [-0.3, -0.25) is 4.68 Å². The summed E-state index contributed by atoms with van der Waals surface area (Å²) >= 11 is 0. The van der Waals surface area contributed by atoms with Crippen LogP contribution in [0, 0.1) is 5.82 Å². The third-order valence-electron chi connectivity index (χ3n) is 7.19. The van der Waals surface area contributed by atoms with Crippen LogP contribution in [0.3, 0.4) is 0 Å². The highest BCUT2D eigenvalue weighted by molar-refractivity contribution is 5.85. The number of anilines is 2. The van der Waals surface area contributed by atoms with Gasteiger partial charge in [-0.1, -0.05) is 0 Å². The quantitative estimate of drug-likeness (QED) is 0.417. The fourth-order valence-corrected chi connectivity index (χ4v) is 5.02. The monoisotopic (exact) mass is 475 g/mol. The van der Waals surface area contributed by atoms with Gasteiger partial charge in [0.25, 0.3) is 0 Å². The normalized spacial score (nSPS) is 17.9. The van der Waals surface area contributed by atoms with Crippen molar-refractivity contribution in [3.8, 4) is 22.5 Å². The molecule has 6 rings (SSSR count). The van der Waals surface area contributed by atoms with Crippen molar-refractivity contribution in [2.45, 2.75) is 18.9 Å². The second-order valence-corrected chi connectivity index (χ2v) is 9.54. The number of likely N-dealkylation sites (N-methyl/N-ethyl adjacent to an activating group) is 1. The maximum atomic E-state index is 15.0. The molecule has 5 heterocycles. The molecule has 0 saturated carbocycles. The van der Waals surface area contributed by atoms with Crippen molar-refractivity contribution in [2.75, 3.05) is 56.9 Å². The maximum absolute atomic E-state index is 15.0. The van der Waals surface area contributed by atoms with Crippen LogP contribution < -0.4 is 16.0 Å². The summed E-state index contributed by atoms with van der Waals surface area (Å²) in [6, 6.07) is 5.73. The summed E-state index contributed by atoms with van der Waals surface area (Å²) in [4.78, 5) is 16.8. The van der Waals surface area contributed by atoms with Crippen LogP contribution in [0.5, 0.6) is 0 Å². The number of pyridine rings is 1. The topological polar surface area (TPSA) is 104 Å². The minimum atomic E-state index is -0.248. The molecule has 0 unspecified atom stereocenters. The van der Waals surface area contributed by atoms with Crippen LogP contribution in [0.1, 0.15) is 18.9 Å². The Bertz CT molecular complexity index is 1350. The third-order valence-corrected chi connectivity index (χ3v) is 7.19. The Balaban J connectivity index is 1.31. The zero-order chi connectivity index (χ0) is 23.9. The smallest absolute Gasteiger partial charge is 0.148 e. The summed E-state index contributed by atoms with van der Waals surface area (Å²) < 4.78 is 17.0. The number of hydrogen-bond donors (Lipinski definition) is 3. The number of benzene rings is 1. The molecular formula is C25H30FN9. The Kier molecular flexibility index (Phi) is 5.62. The van der Waals surface area contributed by atoms with Crippen LogP contribution in [0.2, 0.25) is 0 Å². The van der Waals surface area contributed by atoms with Crippen LogP contribution in [0.25, 0.3) is 33.5 Å². The molecule has 4 N–H and O–H groups in total. The van der Waals surface area contributed by atoms with Crippen LogP contribution in [0.15, 0.2) is 36.8 Å². The average molecular weight is 476 g/mol. The van der Waals surface area contributed by atoms with E-state index < -0.39 is 0 Å². The summed E-state index contributed by atoms with van der Waals surface area (Å²) in [5.41, 5.74) is 10.8. The largest absolute Gasteiger partial charge is 0.383 e. The molecule has 0 radical (unpaired) electrons. The standard InChI is InChI=1S/C25H30FN9/c1-33-6-8-34(9-7-33)23-12-22-21(11-20(23)26)31-25(32-22)19-10-16(13-29-24(19)27)17-14-30-35(15-17)18-2-4-28-5-3-18/h10-15,18,28H,2-9H2,1H3,(H2,27,29)(H,31,32). The molecule has 0 atom stereocenters. The van der Waals surface area contributed by atoms with Gasteiger partial charge in [-0.2, -0.15) is 5.10 Å². The summed E-state index contributed by atoms with van der Waals surface area (Å²) in [7, 11) is 2.09. The number of imidazole rings is 1. The van der Waals surface area contributed by atoms with Crippen molar-refractivity contribution in [1.82, 2.24) is 34.9 Å². The van der Waals surface area contributed by atoms with E-state index in [1.165, 1.54) is 6.07 Å². The molecule has 2 fully saturated rings. The van der Waals surface area contributed by atoms with Crippen LogP contribution >= 0.6 is 0 Å². The second kappa shape index (κ2) is 8.94. The first kappa shape index (κ1) is 22.0. The van der Waals surface area contributed by atoms with Gasteiger partial charge in [0, 0.05) is 55.8 Å². The first-order chi connectivity index (χ1) is 17.0. The number of nitrogen functional groups attached to an aromatic ring is 1. The maximum Gasteiger partial charge on any atom is 0.148 e. The number of nitrogens with two attached hydrogens (primary N) is 1. The lowest BCUT2D eigenvalue weighted by atomic mass is 10.1. The number of nitrogens with one attached hydrogen (secondary N) is 2. The molecule has 2 aliphatic rings. The first-order valence-electron chi connectivity index (χ1n) is 12.2. The number of H-pyrrole nitrogens is 1. The fourth-order valence-electron chi connectivity index (χ4n) is 5.02. The molecule has 10 heteroatoms.